The van der Waals surface area contributed by atoms with E-state index in [1.54, 1.807) is 6.26 Å². The second kappa shape index (κ2) is 3.72. The second-order valence-electron chi connectivity index (χ2n) is 2.85. The van der Waals surface area contributed by atoms with Crippen LogP contribution in [0.15, 0.2) is 18.2 Å². The van der Waals surface area contributed by atoms with Gasteiger partial charge in [0.05, 0.1) is 0 Å². The van der Waals surface area contributed by atoms with Crippen LogP contribution in [0.3, 0.4) is 0 Å². The number of hydrogen-bond acceptors (Lipinski definition) is 2. The number of hydrogen-bond donors (Lipinski definition) is 1. The first-order valence-electron chi connectivity index (χ1n) is 3.75. The van der Waals surface area contributed by atoms with Crippen molar-refractivity contribution in [1.82, 2.24) is 0 Å². The van der Waals surface area contributed by atoms with Gasteiger partial charge in [-0.15, -0.1) is 0 Å². The summed E-state index contributed by atoms with van der Waals surface area (Å²) in [6.07, 6.45) is 1.70. The lowest BCUT2D eigenvalue weighted by atomic mass is 10.1. The molecule has 0 heterocycles. The van der Waals surface area contributed by atoms with E-state index in [1.807, 2.05) is 25.1 Å². The van der Waals surface area contributed by atoms with E-state index >= 15 is 0 Å². The Morgan fingerprint density at radius 3 is 2.75 bits per heavy atom. The van der Waals surface area contributed by atoms with Gasteiger partial charge in [0.1, 0.15) is 0 Å². The Kier molecular flexibility index (Phi) is 2.87. The lowest BCUT2D eigenvalue weighted by Crippen LogP contribution is -1.98. The van der Waals surface area contributed by atoms with Gasteiger partial charge in [-0.2, -0.15) is 0 Å². The summed E-state index contributed by atoms with van der Waals surface area (Å²) < 4.78 is 10.9. The summed E-state index contributed by atoms with van der Waals surface area (Å²) in [6, 6.07) is 5.72. The van der Waals surface area contributed by atoms with Crippen LogP contribution in [0, 0.1) is 6.92 Å². The van der Waals surface area contributed by atoms with E-state index in [1.165, 1.54) is 0 Å². The van der Waals surface area contributed by atoms with E-state index in [0.717, 1.165) is 16.8 Å². The maximum Gasteiger partial charge on any atom is 0.0486 e. The van der Waals surface area contributed by atoms with E-state index in [-0.39, 0.29) is 0 Å². The molecule has 1 unspecified atom stereocenters. The van der Waals surface area contributed by atoms with Crippen molar-refractivity contribution in [2.75, 3.05) is 12.0 Å². The zero-order chi connectivity index (χ0) is 9.14. The third kappa shape index (κ3) is 2.08. The number of anilines is 1. The Bertz CT molecular complexity index is 309. The minimum atomic E-state index is -0.791. The van der Waals surface area contributed by atoms with Crippen LogP contribution in [-0.2, 0) is 16.6 Å². The maximum absolute atomic E-state index is 10.9. The SMILES string of the molecule is Cc1c(N)cccc1CS(C)=O. The molecule has 0 saturated heterocycles. The van der Waals surface area contributed by atoms with Gasteiger partial charge < -0.3 is 5.73 Å². The molecule has 12 heavy (non-hydrogen) atoms. The van der Waals surface area contributed by atoms with Gasteiger partial charge in [-0.3, -0.25) is 4.21 Å². The highest BCUT2D eigenvalue weighted by Crippen LogP contribution is 2.16. The molecule has 0 aliphatic heterocycles. The van der Waals surface area contributed by atoms with Crippen molar-refractivity contribution in [3.63, 3.8) is 0 Å². The van der Waals surface area contributed by atoms with Gasteiger partial charge in [-0.25, -0.2) is 0 Å². The Balaban J connectivity index is 3.00. The molecule has 2 nitrogen and oxygen atoms in total. The standard InChI is InChI=1S/C9H13NOS/c1-7-8(6-12(2)11)4-3-5-9(7)10/h3-5H,6,10H2,1-2H3. The molecule has 0 aliphatic carbocycles. The topological polar surface area (TPSA) is 43.1 Å². The summed E-state index contributed by atoms with van der Waals surface area (Å²) in [5.74, 6) is 0.594. The molecule has 0 aliphatic rings. The summed E-state index contributed by atoms with van der Waals surface area (Å²) in [5, 5.41) is 0. The summed E-state index contributed by atoms with van der Waals surface area (Å²) in [6.45, 7) is 1.96. The van der Waals surface area contributed by atoms with E-state index in [0.29, 0.717) is 5.75 Å². The van der Waals surface area contributed by atoms with Crippen molar-refractivity contribution in [3.05, 3.63) is 29.3 Å². The van der Waals surface area contributed by atoms with Crippen LogP contribution in [0.1, 0.15) is 11.1 Å². The predicted molar refractivity (Wildman–Crippen MR) is 53.4 cm³/mol. The zero-order valence-electron chi connectivity index (χ0n) is 7.33. The molecule has 0 radical (unpaired) electrons. The molecule has 0 fully saturated rings. The highest BCUT2D eigenvalue weighted by molar-refractivity contribution is 7.83. The molecule has 0 amide bonds. The van der Waals surface area contributed by atoms with Crippen molar-refractivity contribution in [3.8, 4) is 0 Å². The first kappa shape index (κ1) is 9.26. The van der Waals surface area contributed by atoms with Gasteiger partial charge in [0.2, 0.25) is 0 Å². The molecular formula is C9H13NOS. The van der Waals surface area contributed by atoms with Crippen LogP contribution >= 0.6 is 0 Å². The van der Waals surface area contributed by atoms with Crippen LogP contribution in [0.5, 0.6) is 0 Å². The van der Waals surface area contributed by atoms with E-state index in [4.69, 9.17) is 5.73 Å². The van der Waals surface area contributed by atoms with Crippen molar-refractivity contribution >= 4 is 16.5 Å². The maximum atomic E-state index is 10.9. The molecule has 1 rings (SSSR count). The Hall–Kier alpha value is -0.830. The summed E-state index contributed by atoms with van der Waals surface area (Å²) in [5.41, 5.74) is 8.60. The summed E-state index contributed by atoms with van der Waals surface area (Å²) >= 11 is 0. The van der Waals surface area contributed by atoms with Crippen molar-refractivity contribution in [1.29, 1.82) is 0 Å². The van der Waals surface area contributed by atoms with Gasteiger partial charge in [-0.05, 0) is 24.1 Å². The molecule has 0 bridgehead atoms. The molecule has 0 aromatic heterocycles. The van der Waals surface area contributed by atoms with Crippen molar-refractivity contribution in [2.45, 2.75) is 12.7 Å². The normalized spacial score (nSPS) is 12.8. The zero-order valence-corrected chi connectivity index (χ0v) is 8.15. The first-order valence-corrected chi connectivity index (χ1v) is 5.48. The monoisotopic (exact) mass is 183 g/mol. The molecule has 66 valence electrons. The molecular weight excluding hydrogens is 170 g/mol. The number of nitrogens with two attached hydrogens (primary N) is 1. The van der Waals surface area contributed by atoms with E-state index < -0.39 is 10.8 Å². The van der Waals surface area contributed by atoms with Gasteiger partial charge in [-0.1, -0.05) is 12.1 Å². The Labute approximate surface area is 75.2 Å². The van der Waals surface area contributed by atoms with Crippen LogP contribution in [0.25, 0.3) is 0 Å². The molecule has 2 N–H and O–H groups in total. The van der Waals surface area contributed by atoms with Crippen molar-refractivity contribution in [2.24, 2.45) is 0 Å². The fourth-order valence-corrected chi connectivity index (χ4v) is 1.83. The predicted octanol–water partition coefficient (Wildman–Crippen LogP) is 1.46. The van der Waals surface area contributed by atoms with Crippen LogP contribution in [-0.4, -0.2) is 10.5 Å². The molecule has 1 aromatic carbocycles. The van der Waals surface area contributed by atoms with Gasteiger partial charge in [0, 0.05) is 28.5 Å². The molecule has 0 saturated carbocycles. The Morgan fingerprint density at radius 1 is 1.50 bits per heavy atom. The number of rotatable bonds is 2. The number of benzene rings is 1. The third-order valence-corrected chi connectivity index (χ3v) is 2.56. The third-order valence-electron chi connectivity index (χ3n) is 1.85. The highest BCUT2D eigenvalue weighted by atomic mass is 32.2. The van der Waals surface area contributed by atoms with Crippen molar-refractivity contribution < 1.29 is 4.21 Å². The smallest absolute Gasteiger partial charge is 0.0486 e. The van der Waals surface area contributed by atoms with Gasteiger partial charge in [0.25, 0.3) is 0 Å². The molecule has 1 atom stereocenters. The van der Waals surface area contributed by atoms with Crippen LogP contribution in [0.4, 0.5) is 5.69 Å². The summed E-state index contributed by atoms with van der Waals surface area (Å²) in [4.78, 5) is 0. The fraction of sp³-hybridized carbons (Fsp3) is 0.333. The first-order chi connectivity index (χ1) is 5.61. The molecule has 1 aromatic rings. The number of nitrogen functional groups attached to an aromatic ring is 1. The average Bonchev–Trinajstić information content (AvgIpc) is 1.98. The Morgan fingerprint density at radius 2 is 2.17 bits per heavy atom. The average molecular weight is 183 g/mol. The molecule has 3 heteroatoms. The minimum Gasteiger partial charge on any atom is -0.399 e. The summed E-state index contributed by atoms with van der Waals surface area (Å²) in [7, 11) is -0.791. The lowest BCUT2D eigenvalue weighted by Gasteiger charge is -2.05. The van der Waals surface area contributed by atoms with Crippen LogP contribution in [0.2, 0.25) is 0 Å². The fourth-order valence-electron chi connectivity index (χ4n) is 1.08. The van der Waals surface area contributed by atoms with Crippen LogP contribution < -0.4 is 5.73 Å². The van der Waals surface area contributed by atoms with Gasteiger partial charge >= 0.3 is 0 Å². The minimum absolute atomic E-state index is 0.594. The van der Waals surface area contributed by atoms with E-state index in [9.17, 15) is 4.21 Å². The van der Waals surface area contributed by atoms with Gasteiger partial charge in [0.15, 0.2) is 0 Å². The largest absolute Gasteiger partial charge is 0.399 e. The second-order valence-corrected chi connectivity index (χ2v) is 4.28. The highest BCUT2D eigenvalue weighted by Gasteiger charge is 2.01. The van der Waals surface area contributed by atoms with E-state index in [2.05, 4.69) is 0 Å². The quantitative estimate of drug-likeness (QED) is 0.705. The molecule has 0 spiro atoms. The lowest BCUT2D eigenvalue weighted by molar-refractivity contribution is 0.686.